The Kier molecular flexibility index (Phi) is 7.10. The van der Waals surface area contributed by atoms with Crippen molar-refractivity contribution in [3.05, 3.63) is 23.8 Å². The molecule has 1 aromatic rings. The predicted molar refractivity (Wildman–Crippen MR) is 96.1 cm³/mol. The lowest BCUT2D eigenvalue weighted by Gasteiger charge is -2.33. The largest absolute Gasteiger partial charge is 0.497 e. The molecule has 6 nitrogen and oxygen atoms in total. The minimum atomic E-state index is -0.204. The van der Waals surface area contributed by atoms with Crippen LogP contribution in [0, 0.1) is 0 Å². The molecule has 0 unspecified atom stereocenters. The zero-order chi connectivity index (χ0) is 18.2. The molecule has 1 aliphatic carbocycles. The molecule has 1 fully saturated rings. The van der Waals surface area contributed by atoms with Crippen LogP contribution in [0.4, 0.5) is 0 Å². The van der Waals surface area contributed by atoms with Gasteiger partial charge in [-0.1, -0.05) is 19.3 Å². The Balaban J connectivity index is 1.93. The summed E-state index contributed by atoms with van der Waals surface area (Å²) >= 11 is 0. The fraction of sp³-hybridized carbons (Fsp3) is 0.579. The van der Waals surface area contributed by atoms with E-state index in [1.54, 1.807) is 39.3 Å². The van der Waals surface area contributed by atoms with Crippen molar-refractivity contribution in [3.63, 3.8) is 0 Å². The number of carbonyl (C=O) groups excluding carboxylic acids is 2. The second-order valence-corrected chi connectivity index (χ2v) is 6.36. The highest BCUT2D eigenvalue weighted by atomic mass is 16.5. The summed E-state index contributed by atoms with van der Waals surface area (Å²) in [6, 6.07) is 5.36. The average molecular weight is 348 g/mol. The van der Waals surface area contributed by atoms with Gasteiger partial charge in [-0.2, -0.15) is 0 Å². The van der Waals surface area contributed by atoms with E-state index in [0.717, 1.165) is 12.8 Å². The molecular weight excluding hydrogens is 320 g/mol. The molecule has 0 spiro atoms. The first-order valence-electron chi connectivity index (χ1n) is 8.83. The molecule has 0 atom stereocenters. The highest BCUT2D eigenvalue weighted by molar-refractivity contribution is 5.95. The number of nitrogens with zero attached hydrogens (tertiary/aromatic N) is 1. The van der Waals surface area contributed by atoms with Crippen LogP contribution in [0.5, 0.6) is 11.5 Å². The van der Waals surface area contributed by atoms with Gasteiger partial charge in [0.2, 0.25) is 5.91 Å². The Morgan fingerprint density at radius 1 is 1.08 bits per heavy atom. The lowest BCUT2D eigenvalue weighted by atomic mass is 9.94. The second-order valence-electron chi connectivity index (χ2n) is 6.36. The van der Waals surface area contributed by atoms with Crippen LogP contribution in [-0.4, -0.2) is 50.1 Å². The van der Waals surface area contributed by atoms with E-state index in [-0.39, 0.29) is 11.8 Å². The van der Waals surface area contributed by atoms with Crippen LogP contribution in [0.1, 0.15) is 49.4 Å². The number of carbonyl (C=O) groups is 2. The van der Waals surface area contributed by atoms with E-state index in [0.29, 0.717) is 36.2 Å². The fourth-order valence-electron chi connectivity index (χ4n) is 3.32. The van der Waals surface area contributed by atoms with Crippen LogP contribution in [0.25, 0.3) is 0 Å². The minimum absolute atomic E-state index is 0.0733. The predicted octanol–water partition coefficient (Wildman–Crippen LogP) is 2.61. The molecule has 25 heavy (non-hydrogen) atoms. The molecule has 1 N–H and O–H groups in total. The van der Waals surface area contributed by atoms with Gasteiger partial charge in [0.15, 0.2) is 0 Å². The van der Waals surface area contributed by atoms with Gasteiger partial charge in [-0.05, 0) is 25.0 Å². The van der Waals surface area contributed by atoms with Gasteiger partial charge < -0.3 is 19.7 Å². The van der Waals surface area contributed by atoms with E-state index in [1.807, 2.05) is 4.90 Å². The van der Waals surface area contributed by atoms with Crippen LogP contribution >= 0.6 is 0 Å². The van der Waals surface area contributed by atoms with Crippen molar-refractivity contribution in [2.24, 2.45) is 0 Å². The lowest BCUT2D eigenvalue weighted by Crippen LogP contribution is -2.44. The van der Waals surface area contributed by atoms with Crippen LogP contribution in [0.3, 0.4) is 0 Å². The van der Waals surface area contributed by atoms with Gasteiger partial charge in [-0.3, -0.25) is 9.59 Å². The Morgan fingerprint density at radius 2 is 1.68 bits per heavy atom. The molecule has 0 saturated heterocycles. The van der Waals surface area contributed by atoms with Crippen LogP contribution in [-0.2, 0) is 4.79 Å². The molecule has 138 valence electrons. The maximum absolute atomic E-state index is 12.4. The summed E-state index contributed by atoms with van der Waals surface area (Å²) in [6.45, 7) is 2.56. The van der Waals surface area contributed by atoms with Crippen molar-refractivity contribution < 1.29 is 19.1 Å². The normalized spacial score (nSPS) is 14.7. The summed E-state index contributed by atoms with van der Waals surface area (Å²) in [6.07, 6.45) is 5.70. The SMILES string of the molecule is COc1cc(OC)cc(C(=O)NCCN(C(C)=O)C2CCCCC2)c1. The highest BCUT2D eigenvalue weighted by Gasteiger charge is 2.23. The number of amides is 2. The number of hydrogen-bond acceptors (Lipinski definition) is 4. The smallest absolute Gasteiger partial charge is 0.251 e. The molecule has 0 heterocycles. The number of hydrogen-bond donors (Lipinski definition) is 1. The third-order valence-electron chi connectivity index (χ3n) is 4.67. The van der Waals surface area contributed by atoms with Gasteiger partial charge in [0.25, 0.3) is 5.91 Å². The summed E-state index contributed by atoms with van der Waals surface area (Å²) in [4.78, 5) is 26.2. The lowest BCUT2D eigenvalue weighted by molar-refractivity contribution is -0.131. The standard InChI is InChI=1S/C19H28N2O4/c1-14(22)21(16-7-5-4-6-8-16)10-9-20-19(23)15-11-17(24-2)13-18(12-15)25-3/h11-13,16H,4-10H2,1-3H3,(H,20,23). The van der Waals surface area contributed by atoms with E-state index in [2.05, 4.69) is 5.32 Å². The highest BCUT2D eigenvalue weighted by Crippen LogP contribution is 2.23. The first-order chi connectivity index (χ1) is 12.0. The van der Waals surface area contributed by atoms with E-state index in [9.17, 15) is 9.59 Å². The van der Waals surface area contributed by atoms with Crippen molar-refractivity contribution in [2.45, 2.75) is 45.1 Å². The molecule has 2 amide bonds. The minimum Gasteiger partial charge on any atom is -0.497 e. The second kappa shape index (κ2) is 9.30. The number of ether oxygens (including phenoxy) is 2. The molecule has 6 heteroatoms. The van der Waals surface area contributed by atoms with E-state index < -0.39 is 0 Å². The van der Waals surface area contributed by atoms with Crippen molar-refractivity contribution in [1.82, 2.24) is 10.2 Å². The molecule has 1 aliphatic rings. The molecule has 0 aromatic heterocycles. The number of nitrogens with one attached hydrogen (secondary N) is 1. The molecule has 1 aromatic carbocycles. The third kappa shape index (κ3) is 5.37. The average Bonchev–Trinajstić information content (AvgIpc) is 2.64. The molecule has 0 radical (unpaired) electrons. The topological polar surface area (TPSA) is 67.9 Å². The van der Waals surface area contributed by atoms with Crippen LogP contribution < -0.4 is 14.8 Å². The molecule has 2 rings (SSSR count). The summed E-state index contributed by atoms with van der Waals surface area (Å²) in [5.41, 5.74) is 0.475. The zero-order valence-corrected chi connectivity index (χ0v) is 15.3. The molecular formula is C19H28N2O4. The van der Waals surface area contributed by atoms with Gasteiger partial charge in [0.1, 0.15) is 11.5 Å². The van der Waals surface area contributed by atoms with Gasteiger partial charge in [0, 0.05) is 37.7 Å². The molecule has 0 aliphatic heterocycles. The Labute approximate surface area is 149 Å². The fourth-order valence-corrected chi connectivity index (χ4v) is 3.32. The van der Waals surface area contributed by atoms with Crippen LogP contribution in [0.15, 0.2) is 18.2 Å². The monoisotopic (exact) mass is 348 g/mol. The van der Waals surface area contributed by atoms with Crippen LogP contribution in [0.2, 0.25) is 0 Å². The van der Waals surface area contributed by atoms with Gasteiger partial charge >= 0.3 is 0 Å². The van der Waals surface area contributed by atoms with Crippen molar-refractivity contribution in [1.29, 1.82) is 0 Å². The quantitative estimate of drug-likeness (QED) is 0.822. The Bertz CT molecular complexity index is 575. The molecule has 1 saturated carbocycles. The van der Waals surface area contributed by atoms with Gasteiger partial charge in [0.05, 0.1) is 14.2 Å². The summed E-state index contributed by atoms with van der Waals surface area (Å²) < 4.78 is 10.4. The number of benzene rings is 1. The van der Waals surface area contributed by atoms with E-state index in [1.165, 1.54) is 19.3 Å². The van der Waals surface area contributed by atoms with Crippen molar-refractivity contribution in [3.8, 4) is 11.5 Å². The Morgan fingerprint density at radius 3 is 2.20 bits per heavy atom. The molecule has 0 bridgehead atoms. The van der Waals surface area contributed by atoms with E-state index in [4.69, 9.17) is 9.47 Å². The third-order valence-corrected chi connectivity index (χ3v) is 4.67. The summed E-state index contributed by atoms with van der Waals surface area (Å²) in [7, 11) is 3.09. The van der Waals surface area contributed by atoms with Crippen molar-refractivity contribution >= 4 is 11.8 Å². The number of rotatable bonds is 7. The number of methoxy groups -OCH3 is 2. The van der Waals surface area contributed by atoms with Crippen molar-refractivity contribution in [2.75, 3.05) is 27.3 Å². The summed E-state index contributed by atoms with van der Waals surface area (Å²) in [5.74, 6) is 1.00. The maximum atomic E-state index is 12.4. The first-order valence-corrected chi connectivity index (χ1v) is 8.83. The summed E-state index contributed by atoms with van der Waals surface area (Å²) in [5, 5.41) is 2.88. The zero-order valence-electron chi connectivity index (χ0n) is 15.3. The first kappa shape index (κ1) is 19.1. The Hall–Kier alpha value is -2.24. The van der Waals surface area contributed by atoms with Gasteiger partial charge in [-0.25, -0.2) is 0 Å². The van der Waals surface area contributed by atoms with E-state index >= 15 is 0 Å². The van der Waals surface area contributed by atoms with Gasteiger partial charge in [-0.15, -0.1) is 0 Å². The maximum Gasteiger partial charge on any atom is 0.251 e.